The van der Waals surface area contributed by atoms with E-state index in [0.717, 1.165) is 10.9 Å². The number of fused-ring (bicyclic) bond motifs is 1. The average Bonchev–Trinajstić information content (AvgIpc) is 2.87. The molecule has 5 rings (SSSR count). The second-order valence-electron chi connectivity index (χ2n) is 8.32. The van der Waals surface area contributed by atoms with E-state index in [-0.39, 0.29) is 10.9 Å². The molecule has 2 aromatic carbocycles. The molecule has 0 unspecified atom stereocenters. The zero-order valence-corrected chi connectivity index (χ0v) is 19.1. The monoisotopic (exact) mass is 473 g/mol. The minimum Gasteiger partial charge on any atom is -0.355 e. The van der Waals surface area contributed by atoms with E-state index in [1.54, 1.807) is 42.6 Å². The number of hydrogen-bond acceptors (Lipinski definition) is 6. The van der Waals surface area contributed by atoms with E-state index in [0.29, 0.717) is 54.3 Å². The molecule has 0 saturated carbocycles. The minimum atomic E-state index is -2.98. The summed E-state index contributed by atoms with van der Waals surface area (Å²) in [5, 5.41) is 17.6. The summed E-state index contributed by atoms with van der Waals surface area (Å²) in [6, 6.07) is 17.5. The molecule has 0 bridgehead atoms. The maximum absolute atomic E-state index is 14.9. The third kappa shape index (κ3) is 4.00. The first-order valence-corrected chi connectivity index (χ1v) is 13.0. The molecule has 1 N–H and O–H groups in total. The lowest BCUT2D eigenvalue weighted by atomic mass is 10.0. The number of nitriles is 1. The minimum absolute atomic E-state index is 0.250. The number of anilines is 1. The second kappa shape index (κ2) is 8.85. The molecule has 0 radical (unpaired) electrons. The Bertz CT molecular complexity index is 1530. The van der Waals surface area contributed by atoms with Crippen LogP contribution in [0, 0.1) is 17.1 Å². The van der Waals surface area contributed by atoms with Crippen LogP contribution in [0.3, 0.4) is 0 Å². The predicted molar refractivity (Wildman–Crippen MR) is 130 cm³/mol. The van der Waals surface area contributed by atoms with Crippen LogP contribution < -0.4 is 15.8 Å². The van der Waals surface area contributed by atoms with Gasteiger partial charge in [-0.1, -0.05) is 24.3 Å². The third-order valence-electron chi connectivity index (χ3n) is 6.27. The van der Waals surface area contributed by atoms with Gasteiger partial charge in [-0.25, -0.2) is 14.5 Å². The molecular formula is C25H21FN5O2P. The molecular weight excluding hydrogens is 452 g/mol. The number of benzene rings is 2. The van der Waals surface area contributed by atoms with Gasteiger partial charge in [0, 0.05) is 48.7 Å². The van der Waals surface area contributed by atoms with Crippen molar-refractivity contribution in [2.24, 2.45) is 0 Å². The first-order chi connectivity index (χ1) is 16.5. The molecule has 0 aliphatic carbocycles. The lowest BCUT2D eigenvalue weighted by Gasteiger charge is -2.33. The summed E-state index contributed by atoms with van der Waals surface area (Å²) in [7, 11) is -2.98. The van der Waals surface area contributed by atoms with Crippen LogP contribution >= 0.6 is 7.14 Å². The molecule has 7 nitrogen and oxygen atoms in total. The van der Waals surface area contributed by atoms with Gasteiger partial charge < -0.3 is 9.46 Å². The smallest absolute Gasteiger partial charge is 0.272 e. The van der Waals surface area contributed by atoms with Gasteiger partial charge >= 0.3 is 0 Å². The van der Waals surface area contributed by atoms with Crippen molar-refractivity contribution in [1.29, 1.82) is 5.26 Å². The Morgan fingerprint density at radius 2 is 1.85 bits per heavy atom. The largest absolute Gasteiger partial charge is 0.355 e. The molecule has 9 heteroatoms. The van der Waals surface area contributed by atoms with Crippen LogP contribution in [0.2, 0.25) is 0 Å². The molecule has 1 aliphatic heterocycles. The van der Waals surface area contributed by atoms with E-state index in [1.165, 1.54) is 6.07 Å². The zero-order valence-electron chi connectivity index (χ0n) is 18.2. The molecule has 2 aromatic heterocycles. The molecule has 4 aromatic rings. The lowest BCUT2D eigenvalue weighted by Crippen LogP contribution is -2.38. The topological polar surface area (TPSA) is 103 Å². The number of nitrogens with zero attached hydrogens (tertiary/aromatic N) is 4. The van der Waals surface area contributed by atoms with Gasteiger partial charge in [0.1, 0.15) is 24.8 Å². The van der Waals surface area contributed by atoms with Crippen molar-refractivity contribution in [3.05, 3.63) is 93.8 Å². The highest BCUT2D eigenvalue weighted by Crippen LogP contribution is 2.47. The number of aromatic amines is 1. The summed E-state index contributed by atoms with van der Waals surface area (Å²) in [5.74, 6) is 0.0943. The molecule has 1 saturated heterocycles. The van der Waals surface area contributed by atoms with E-state index >= 15 is 0 Å². The number of hydrogen-bond donors (Lipinski definition) is 1. The van der Waals surface area contributed by atoms with Crippen LogP contribution in [0.5, 0.6) is 0 Å². The summed E-state index contributed by atoms with van der Waals surface area (Å²) < 4.78 is 28.7. The summed E-state index contributed by atoms with van der Waals surface area (Å²) in [5.41, 5.74) is 1.64. The Morgan fingerprint density at radius 3 is 2.62 bits per heavy atom. The Morgan fingerprint density at radius 1 is 1.09 bits per heavy atom. The van der Waals surface area contributed by atoms with E-state index in [1.807, 2.05) is 17.0 Å². The Kier molecular flexibility index (Phi) is 5.72. The Hall–Kier alpha value is -3.82. The van der Waals surface area contributed by atoms with Crippen LogP contribution in [-0.2, 0) is 11.0 Å². The van der Waals surface area contributed by atoms with Gasteiger partial charge in [-0.3, -0.25) is 4.79 Å². The van der Waals surface area contributed by atoms with Crippen LogP contribution in [0.1, 0.15) is 16.8 Å². The third-order valence-corrected chi connectivity index (χ3v) is 9.33. The van der Waals surface area contributed by atoms with Gasteiger partial charge in [0.25, 0.3) is 5.56 Å². The number of nitrogens with one attached hydrogen (secondary N) is 1. The van der Waals surface area contributed by atoms with Crippen LogP contribution in [-0.4, -0.2) is 40.6 Å². The van der Waals surface area contributed by atoms with Crippen LogP contribution in [0.25, 0.3) is 10.8 Å². The quantitative estimate of drug-likeness (QED) is 0.456. The molecule has 0 spiro atoms. The fraction of sp³-hybridized carbons (Fsp3) is 0.200. The number of H-pyrrole nitrogens is 1. The highest BCUT2D eigenvalue weighted by atomic mass is 31.2. The highest BCUT2D eigenvalue weighted by Gasteiger charge is 2.34. The van der Waals surface area contributed by atoms with Gasteiger partial charge in [-0.15, -0.1) is 0 Å². The first kappa shape index (κ1) is 22.0. The van der Waals surface area contributed by atoms with Gasteiger partial charge in [0.2, 0.25) is 0 Å². The van der Waals surface area contributed by atoms with Crippen molar-refractivity contribution < 1.29 is 8.96 Å². The van der Waals surface area contributed by atoms with Crippen LogP contribution in [0.15, 0.2) is 65.6 Å². The van der Waals surface area contributed by atoms with Crippen LogP contribution in [0.4, 0.5) is 10.2 Å². The van der Waals surface area contributed by atoms with Gasteiger partial charge in [-0.2, -0.15) is 10.4 Å². The van der Waals surface area contributed by atoms with Crippen molar-refractivity contribution in [2.45, 2.75) is 6.42 Å². The highest BCUT2D eigenvalue weighted by molar-refractivity contribution is 7.71. The average molecular weight is 473 g/mol. The van der Waals surface area contributed by atoms with E-state index < -0.39 is 13.0 Å². The predicted octanol–water partition coefficient (Wildman–Crippen LogP) is 3.43. The normalized spacial score (nSPS) is 15.2. The van der Waals surface area contributed by atoms with Crippen molar-refractivity contribution >= 4 is 29.0 Å². The second-order valence-corrected chi connectivity index (χ2v) is 11.5. The standard InChI is InChI=1S/C25H21FN5O2P/c26-21-8-7-17(14-22-19-5-1-2-6-20(19)25(32)30-29-22)15-23(21)34(33)12-10-31(11-13-34)24-18(16-27)4-3-9-28-24/h1-9,15H,10-14H2,(H,30,32). The van der Waals surface area contributed by atoms with Crippen molar-refractivity contribution in [3.8, 4) is 6.07 Å². The maximum atomic E-state index is 14.9. The van der Waals surface area contributed by atoms with E-state index in [9.17, 15) is 19.0 Å². The molecule has 170 valence electrons. The molecule has 0 amide bonds. The Balaban J connectivity index is 1.42. The molecule has 1 aliphatic rings. The first-order valence-electron chi connectivity index (χ1n) is 10.9. The summed E-state index contributed by atoms with van der Waals surface area (Å²) in [4.78, 5) is 18.3. The van der Waals surface area contributed by atoms with Crippen molar-refractivity contribution in [3.63, 3.8) is 0 Å². The summed E-state index contributed by atoms with van der Waals surface area (Å²) in [6.07, 6.45) is 2.60. The number of aromatic nitrogens is 3. The maximum Gasteiger partial charge on any atom is 0.272 e. The summed E-state index contributed by atoms with van der Waals surface area (Å²) in [6.45, 7) is 0.859. The Labute approximate surface area is 195 Å². The molecule has 1 fully saturated rings. The number of rotatable bonds is 4. The zero-order chi connectivity index (χ0) is 23.7. The van der Waals surface area contributed by atoms with Gasteiger partial charge in [-0.05, 0) is 35.9 Å². The number of pyridine rings is 1. The van der Waals surface area contributed by atoms with E-state index in [2.05, 4.69) is 21.3 Å². The fourth-order valence-electron chi connectivity index (χ4n) is 4.46. The molecule has 3 heterocycles. The number of halogens is 1. The lowest BCUT2D eigenvalue weighted by molar-refractivity contribution is 0.571. The fourth-order valence-corrected chi connectivity index (χ4v) is 7.16. The molecule has 0 atom stereocenters. The van der Waals surface area contributed by atoms with Gasteiger partial charge in [0.05, 0.1) is 16.6 Å². The summed E-state index contributed by atoms with van der Waals surface area (Å²) >= 11 is 0. The van der Waals surface area contributed by atoms with Gasteiger partial charge in [0.15, 0.2) is 0 Å². The van der Waals surface area contributed by atoms with E-state index in [4.69, 9.17) is 0 Å². The van der Waals surface area contributed by atoms with Crippen molar-refractivity contribution in [1.82, 2.24) is 15.2 Å². The molecule has 34 heavy (non-hydrogen) atoms. The van der Waals surface area contributed by atoms with Crippen molar-refractivity contribution in [2.75, 3.05) is 30.3 Å². The SMILES string of the molecule is N#Cc1cccnc1N1CCP(=O)(c2cc(Cc3n[nH]c(=O)c4ccccc34)ccc2F)CC1.